The number of hydrogen-bond acceptors (Lipinski definition) is 4. The number of hydrogen-bond donors (Lipinski definition) is 1. The summed E-state index contributed by atoms with van der Waals surface area (Å²) in [4.78, 5) is 8.66. The lowest BCUT2D eigenvalue weighted by Gasteiger charge is -2.18. The Morgan fingerprint density at radius 3 is 2.54 bits per heavy atom. The molecule has 1 heterocycles. The molecule has 1 unspecified atom stereocenters. The summed E-state index contributed by atoms with van der Waals surface area (Å²) in [6, 6.07) is 13.2. The molecule has 0 aliphatic rings. The van der Waals surface area contributed by atoms with Gasteiger partial charge >= 0.3 is 0 Å². The third-order valence-electron chi connectivity index (χ3n) is 4.10. The zero-order valence-electron chi connectivity index (χ0n) is 14.8. The highest BCUT2D eigenvalue weighted by molar-refractivity contribution is 6.42. The maximum absolute atomic E-state index is 6.09. The molecule has 0 aliphatic heterocycles. The largest absolute Gasteiger partial charge is 0.457 e. The summed E-state index contributed by atoms with van der Waals surface area (Å²) in [6.07, 6.45) is 1.76. The molecule has 134 valence electrons. The van der Waals surface area contributed by atoms with Crippen LogP contribution in [-0.2, 0) is 0 Å². The molecule has 0 amide bonds. The molecule has 3 aromatic rings. The molecule has 1 atom stereocenters. The van der Waals surface area contributed by atoms with E-state index < -0.39 is 0 Å². The van der Waals surface area contributed by atoms with Crippen LogP contribution >= 0.6 is 23.2 Å². The molecule has 2 aromatic carbocycles. The molecular formula is C20H19Cl2N3O. The van der Waals surface area contributed by atoms with Gasteiger partial charge in [-0.05, 0) is 57.3 Å². The lowest BCUT2D eigenvalue weighted by atomic mass is 10.0. The number of aryl methyl sites for hydroxylation is 1. The minimum absolute atomic E-state index is 0.0932. The first kappa shape index (κ1) is 18.6. The molecule has 1 aromatic heterocycles. The fraction of sp³-hybridized carbons (Fsp3) is 0.200. The van der Waals surface area contributed by atoms with E-state index in [4.69, 9.17) is 27.9 Å². The Morgan fingerprint density at radius 1 is 1.04 bits per heavy atom. The summed E-state index contributed by atoms with van der Waals surface area (Å²) < 4.78 is 6.07. The number of nitrogens with one attached hydrogen (secondary N) is 1. The predicted molar refractivity (Wildman–Crippen MR) is 106 cm³/mol. The Hall–Kier alpha value is -2.14. The zero-order valence-corrected chi connectivity index (χ0v) is 16.3. The lowest BCUT2D eigenvalue weighted by molar-refractivity contribution is 0.466. The van der Waals surface area contributed by atoms with Gasteiger partial charge in [0.1, 0.15) is 17.3 Å². The van der Waals surface area contributed by atoms with Gasteiger partial charge in [0.05, 0.1) is 15.7 Å². The van der Waals surface area contributed by atoms with Crippen molar-refractivity contribution in [2.45, 2.75) is 19.9 Å². The number of rotatable bonds is 5. The van der Waals surface area contributed by atoms with Crippen LogP contribution in [0.2, 0.25) is 10.0 Å². The van der Waals surface area contributed by atoms with Crippen LogP contribution < -0.4 is 10.1 Å². The number of aromatic nitrogens is 2. The first-order valence-electron chi connectivity index (χ1n) is 8.22. The second kappa shape index (κ2) is 8.04. The average Bonchev–Trinajstić information content (AvgIpc) is 2.64. The van der Waals surface area contributed by atoms with Crippen molar-refractivity contribution >= 4 is 23.2 Å². The van der Waals surface area contributed by atoms with Crippen molar-refractivity contribution in [3.8, 4) is 22.8 Å². The van der Waals surface area contributed by atoms with Gasteiger partial charge in [0, 0.05) is 29.4 Å². The number of ether oxygens (including phenoxy) is 1. The Balaban J connectivity index is 2.00. The minimum Gasteiger partial charge on any atom is -0.457 e. The second-order valence-electron chi connectivity index (χ2n) is 5.93. The van der Waals surface area contributed by atoms with Crippen LogP contribution in [0.15, 0.2) is 48.7 Å². The van der Waals surface area contributed by atoms with E-state index in [1.807, 2.05) is 32.2 Å². The SMILES string of the molecule is CNC(C)c1cc(-c2ccnc(C)n2)ccc1Oc1ccc(Cl)c(Cl)c1. The van der Waals surface area contributed by atoms with E-state index >= 15 is 0 Å². The molecule has 3 rings (SSSR count). The normalized spacial score (nSPS) is 12.0. The second-order valence-corrected chi connectivity index (χ2v) is 6.74. The molecule has 1 N–H and O–H groups in total. The third-order valence-corrected chi connectivity index (χ3v) is 4.84. The zero-order chi connectivity index (χ0) is 18.7. The van der Waals surface area contributed by atoms with Gasteiger partial charge in [-0.2, -0.15) is 0 Å². The fourth-order valence-electron chi connectivity index (χ4n) is 2.58. The molecule has 0 radical (unpaired) electrons. The topological polar surface area (TPSA) is 47.0 Å². The Morgan fingerprint density at radius 2 is 1.85 bits per heavy atom. The molecule has 0 aliphatic carbocycles. The van der Waals surface area contributed by atoms with Crippen molar-refractivity contribution in [3.63, 3.8) is 0 Å². The van der Waals surface area contributed by atoms with Crippen LogP contribution in [0.1, 0.15) is 24.4 Å². The van der Waals surface area contributed by atoms with E-state index in [1.165, 1.54) is 0 Å². The lowest BCUT2D eigenvalue weighted by Crippen LogP contribution is -2.13. The van der Waals surface area contributed by atoms with Gasteiger partial charge in [-0.3, -0.25) is 0 Å². The van der Waals surface area contributed by atoms with Crippen molar-refractivity contribution in [1.29, 1.82) is 0 Å². The van der Waals surface area contributed by atoms with Crippen molar-refractivity contribution in [3.05, 3.63) is 70.1 Å². The van der Waals surface area contributed by atoms with E-state index in [9.17, 15) is 0 Å². The molecule has 0 fully saturated rings. The summed E-state index contributed by atoms with van der Waals surface area (Å²) in [5.41, 5.74) is 2.91. The van der Waals surface area contributed by atoms with Crippen LogP contribution in [0.3, 0.4) is 0 Å². The molecule has 4 nitrogen and oxygen atoms in total. The van der Waals surface area contributed by atoms with Gasteiger partial charge in [0.15, 0.2) is 0 Å². The number of benzene rings is 2. The van der Waals surface area contributed by atoms with E-state index in [0.29, 0.717) is 15.8 Å². The highest BCUT2D eigenvalue weighted by Gasteiger charge is 2.14. The van der Waals surface area contributed by atoms with Crippen molar-refractivity contribution in [1.82, 2.24) is 15.3 Å². The molecule has 6 heteroatoms. The van der Waals surface area contributed by atoms with Crippen LogP contribution in [-0.4, -0.2) is 17.0 Å². The monoisotopic (exact) mass is 387 g/mol. The maximum Gasteiger partial charge on any atom is 0.132 e. The molecule has 26 heavy (non-hydrogen) atoms. The van der Waals surface area contributed by atoms with Gasteiger partial charge < -0.3 is 10.1 Å². The summed E-state index contributed by atoms with van der Waals surface area (Å²) in [5.74, 6) is 2.12. The molecule has 0 bridgehead atoms. The highest BCUT2D eigenvalue weighted by atomic mass is 35.5. The van der Waals surface area contributed by atoms with E-state index in [-0.39, 0.29) is 6.04 Å². The molecule has 0 saturated carbocycles. The van der Waals surface area contributed by atoms with Crippen LogP contribution in [0, 0.1) is 6.92 Å². The fourth-order valence-corrected chi connectivity index (χ4v) is 2.87. The van der Waals surface area contributed by atoms with Gasteiger partial charge in [-0.15, -0.1) is 0 Å². The standard InChI is InChI=1S/C20H19Cl2N3O/c1-12(23-3)16-10-14(19-8-9-24-13(2)25-19)4-7-20(16)26-15-5-6-17(21)18(22)11-15/h4-12,23H,1-3H3. The smallest absolute Gasteiger partial charge is 0.132 e. The number of halogens is 2. The quantitative estimate of drug-likeness (QED) is 0.597. The summed E-state index contributed by atoms with van der Waals surface area (Å²) in [7, 11) is 1.91. The van der Waals surface area contributed by atoms with Crippen molar-refractivity contribution < 1.29 is 4.74 Å². The molecular weight excluding hydrogens is 369 g/mol. The van der Waals surface area contributed by atoms with Crippen LogP contribution in [0.4, 0.5) is 0 Å². The Kier molecular flexibility index (Phi) is 5.77. The van der Waals surface area contributed by atoms with E-state index in [0.717, 1.165) is 28.4 Å². The molecule has 0 spiro atoms. The van der Waals surface area contributed by atoms with Crippen LogP contribution in [0.5, 0.6) is 11.5 Å². The van der Waals surface area contributed by atoms with Gasteiger partial charge in [-0.1, -0.05) is 23.2 Å². The van der Waals surface area contributed by atoms with E-state index in [2.05, 4.69) is 28.3 Å². The van der Waals surface area contributed by atoms with Gasteiger partial charge in [0.25, 0.3) is 0 Å². The van der Waals surface area contributed by atoms with E-state index in [1.54, 1.807) is 24.4 Å². The van der Waals surface area contributed by atoms with Crippen molar-refractivity contribution in [2.24, 2.45) is 0 Å². The highest BCUT2D eigenvalue weighted by Crippen LogP contribution is 2.35. The average molecular weight is 388 g/mol. The van der Waals surface area contributed by atoms with Gasteiger partial charge in [-0.25, -0.2) is 9.97 Å². The first-order chi connectivity index (χ1) is 12.5. The van der Waals surface area contributed by atoms with Crippen LogP contribution in [0.25, 0.3) is 11.3 Å². The summed E-state index contributed by atoms with van der Waals surface area (Å²) >= 11 is 12.1. The first-order valence-corrected chi connectivity index (χ1v) is 8.97. The Labute approximate surface area is 163 Å². The summed E-state index contributed by atoms with van der Waals surface area (Å²) in [6.45, 7) is 3.95. The number of nitrogens with zero attached hydrogens (tertiary/aromatic N) is 2. The van der Waals surface area contributed by atoms with Crippen molar-refractivity contribution in [2.75, 3.05) is 7.05 Å². The maximum atomic E-state index is 6.09. The molecule has 0 saturated heterocycles. The Bertz CT molecular complexity index is 931. The third kappa shape index (κ3) is 4.15. The predicted octanol–water partition coefficient (Wildman–Crippen LogP) is 5.83. The minimum atomic E-state index is 0.0932. The summed E-state index contributed by atoms with van der Waals surface area (Å²) in [5, 5.41) is 4.21. The van der Waals surface area contributed by atoms with Gasteiger partial charge in [0.2, 0.25) is 0 Å².